The first-order valence-electron chi connectivity index (χ1n) is 3.71. The summed E-state index contributed by atoms with van der Waals surface area (Å²) in [4.78, 5) is 0. The van der Waals surface area contributed by atoms with E-state index in [9.17, 15) is 0 Å². The van der Waals surface area contributed by atoms with Crippen molar-refractivity contribution in [1.29, 1.82) is 10.5 Å². The van der Waals surface area contributed by atoms with E-state index < -0.39 is 6.29 Å². The molecule has 4 heteroatoms. The fraction of sp³-hybridized carbons (Fsp3) is 0.333. The number of allylic oxidation sites excluding steroid dienone is 1. The van der Waals surface area contributed by atoms with Gasteiger partial charge in [-0.05, 0) is 0 Å². The number of hydrogen-bond donors (Lipinski definition) is 0. The van der Waals surface area contributed by atoms with Crippen LogP contribution in [0.5, 0.6) is 0 Å². The van der Waals surface area contributed by atoms with E-state index >= 15 is 0 Å². The van der Waals surface area contributed by atoms with Gasteiger partial charge < -0.3 is 9.47 Å². The van der Waals surface area contributed by atoms with Crippen molar-refractivity contribution in [2.24, 2.45) is 0 Å². The van der Waals surface area contributed by atoms with Gasteiger partial charge >= 0.3 is 0 Å². The van der Waals surface area contributed by atoms with Crippen LogP contribution in [-0.4, -0.2) is 19.0 Å². The molecule has 0 N–H and O–H groups in total. The van der Waals surface area contributed by atoms with Crippen molar-refractivity contribution in [3.63, 3.8) is 0 Å². The maximum atomic E-state index is 8.62. The van der Waals surface area contributed by atoms with E-state index in [0.717, 1.165) is 6.08 Å². The molecule has 4 nitrogen and oxygen atoms in total. The van der Waals surface area contributed by atoms with Crippen LogP contribution in [0.15, 0.2) is 24.3 Å². The Morgan fingerprint density at radius 2 is 2.31 bits per heavy atom. The lowest BCUT2D eigenvalue weighted by Crippen LogP contribution is -2.12. The van der Waals surface area contributed by atoms with Crippen LogP contribution in [-0.2, 0) is 9.47 Å². The normalized spacial score (nSPS) is 27.7. The third-order valence-electron chi connectivity index (χ3n) is 1.58. The minimum atomic E-state index is -0.715. The highest BCUT2D eigenvalue weighted by atomic mass is 16.7. The summed E-state index contributed by atoms with van der Waals surface area (Å²) in [6.45, 7) is 3.91. The Kier molecular flexibility index (Phi) is 3.22. The number of hydrogen-bond acceptors (Lipinski definition) is 4. The third kappa shape index (κ3) is 2.16. The summed E-state index contributed by atoms with van der Waals surface area (Å²) in [6, 6.07) is 3.60. The largest absolute Gasteiger partial charge is 0.345 e. The maximum absolute atomic E-state index is 8.62. The highest BCUT2D eigenvalue weighted by molar-refractivity contribution is 5.29. The van der Waals surface area contributed by atoms with E-state index in [4.69, 9.17) is 20.0 Å². The van der Waals surface area contributed by atoms with Gasteiger partial charge in [0.25, 0.3) is 0 Å². The summed E-state index contributed by atoms with van der Waals surface area (Å²) in [5, 5.41) is 17.0. The van der Waals surface area contributed by atoms with E-state index in [-0.39, 0.29) is 11.7 Å². The zero-order chi connectivity index (χ0) is 9.68. The topological polar surface area (TPSA) is 66.0 Å². The van der Waals surface area contributed by atoms with Gasteiger partial charge in [-0.25, -0.2) is 0 Å². The van der Waals surface area contributed by atoms with E-state index in [2.05, 4.69) is 6.58 Å². The molecule has 1 saturated heterocycles. The molecule has 0 aromatic heterocycles. The van der Waals surface area contributed by atoms with Gasteiger partial charge in [-0.2, -0.15) is 10.5 Å². The second-order valence-electron chi connectivity index (χ2n) is 2.42. The highest BCUT2D eigenvalue weighted by Gasteiger charge is 2.26. The minimum Gasteiger partial charge on any atom is -0.345 e. The standard InChI is InChI=1S/C9H8N2O2/c1-2-8-6-12-9(13-8)7(5-11)3-4-10/h2-3,8-9H,1,6H2. The lowest BCUT2D eigenvalue weighted by molar-refractivity contribution is -0.0175. The van der Waals surface area contributed by atoms with Crippen molar-refractivity contribution in [2.45, 2.75) is 12.4 Å². The van der Waals surface area contributed by atoms with Gasteiger partial charge in [0.05, 0.1) is 18.2 Å². The molecule has 1 aliphatic heterocycles. The molecular weight excluding hydrogens is 168 g/mol. The predicted molar refractivity (Wildman–Crippen MR) is 44.1 cm³/mol. The quantitative estimate of drug-likeness (QED) is 0.463. The summed E-state index contributed by atoms with van der Waals surface area (Å²) in [5.41, 5.74) is 0.187. The lowest BCUT2D eigenvalue weighted by Gasteiger charge is -2.06. The van der Waals surface area contributed by atoms with Crippen LogP contribution in [0, 0.1) is 22.7 Å². The van der Waals surface area contributed by atoms with Crippen LogP contribution < -0.4 is 0 Å². The summed E-state index contributed by atoms with van der Waals surface area (Å²) in [7, 11) is 0. The van der Waals surface area contributed by atoms with Gasteiger partial charge in [0.2, 0.25) is 0 Å². The van der Waals surface area contributed by atoms with Gasteiger partial charge in [-0.15, -0.1) is 6.58 Å². The van der Waals surface area contributed by atoms with Gasteiger partial charge in [0.15, 0.2) is 6.29 Å². The Balaban J connectivity index is 2.66. The predicted octanol–water partition coefficient (Wildman–Crippen LogP) is 0.887. The van der Waals surface area contributed by atoms with Crippen LogP contribution in [0.3, 0.4) is 0 Å². The zero-order valence-electron chi connectivity index (χ0n) is 6.93. The second-order valence-corrected chi connectivity index (χ2v) is 2.42. The maximum Gasteiger partial charge on any atom is 0.195 e. The molecule has 1 fully saturated rings. The Morgan fingerprint density at radius 1 is 1.54 bits per heavy atom. The Morgan fingerprint density at radius 3 is 2.77 bits per heavy atom. The Hall–Kier alpha value is -1.62. The van der Waals surface area contributed by atoms with Crippen molar-refractivity contribution in [3.05, 3.63) is 24.3 Å². The highest BCUT2D eigenvalue weighted by Crippen LogP contribution is 2.18. The van der Waals surface area contributed by atoms with Crippen LogP contribution in [0.2, 0.25) is 0 Å². The third-order valence-corrected chi connectivity index (χ3v) is 1.58. The van der Waals surface area contributed by atoms with Crippen molar-refractivity contribution in [3.8, 4) is 12.1 Å². The molecule has 0 saturated carbocycles. The van der Waals surface area contributed by atoms with Crippen LogP contribution in [0.4, 0.5) is 0 Å². The average molecular weight is 176 g/mol. The van der Waals surface area contributed by atoms with Gasteiger partial charge in [-0.3, -0.25) is 0 Å². The monoisotopic (exact) mass is 176 g/mol. The van der Waals surface area contributed by atoms with Gasteiger partial charge in [-0.1, -0.05) is 6.08 Å². The van der Waals surface area contributed by atoms with Crippen LogP contribution in [0.25, 0.3) is 0 Å². The lowest BCUT2D eigenvalue weighted by atomic mass is 10.3. The molecule has 1 aliphatic rings. The van der Waals surface area contributed by atoms with E-state index in [1.807, 2.05) is 6.07 Å². The molecule has 1 heterocycles. The first-order valence-corrected chi connectivity index (χ1v) is 3.71. The molecule has 2 atom stereocenters. The summed E-state index contributed by atoms with van der Waals surface area (Å²) in [5.74, 6) is 0. The van der Waals surface area contributed by atoms with E-state index in [0.29, 0.717) is 6.61 Å². The van der Waals surface area contributed by atoms with Crippen LogP contribution >= 0.6 is 0 Å². The van der Waals surface area contributed by atoms with Crippen molar-refractivity contribution >= 4 is 0 Å². The summed E-state index contributed by atoms with van der Waals surface area (Å²) in [6.07, 6.45) is 1.81. The Labute approximate surface area is 76.3 Å². The number of nitrogens with zero attached hydrogens (tertiary/aromatic N) is 2. The van der Waals surface area contributed by atoms with E-state index in [1.54, 1.807) is 12.1 Å². The second kappa shape index (κ2) is 4.42. The van der Waals surface area contributed by atoms with Gasteiger partial charge in [0, 0.05) is 6.08 Å². The summed E-state index contributed by atoms with van der Waals surface area (Å²) >= 11 is 0. The SMILES string of the molecule is C=CC1COC(C(C#N)=CC#N)O1. The number of rotatable bonds is 2. The summed E-state index contributed by atoms with van der Waals surface area (Å²) < 4.78 is 10.4. The fourth-order valence-corrected chi connectivity index (χ4v) is 0.929. The number of nitriles is 2. The first kappa shape index (κ1) is 9.47. The molecular formula is C9H8N2O2. The minimum absolute atomic E-state index is 0.187. The van der Waals surface area contributed by atoms with Gasteiger partial charge in [0.1, 0.15) is 12.2 Å². The molecule has 13 heavy (non-hydrogen) atoms. The smallest absolute Gasteiger partial charge is 0.195 e. The fourth-order valence-electron chi connectivity index (χ4n) is 0.929. The molecule has 0 bridgehead atoms. The molecule has 0 aromatic rings. The first-order chi connectivity index (χ1) is 6.31. The van der Waals surface area contributed by atoms with Crippen molar-refractivity contribution in [2.75, 3.05) is 6.61 Å². The van der Waals surface area contributed by atoms with Crippen molar-refractivity contribution in [1.82, 2.24) is 0 Å². The molecule has 0 spiro atoms. The molecule has 0 aromatic carbocycles. The molecule has 0 radical (unpaired) electrons. The molecule has 0 aliphatic carbocycles. The van der Waals surface area contributed by atoms with E-state index in [1.165, 1.54) is 0 Å². The Bertz CT molecular complexity index is 309. The zero-order valence-corrected chi connectivity index (χ0v) is 6.93. The van der Waals surface area contributed by atoms with Crippen LogP contribution in [0.1, 0.15) is 0 Å². The molecule has 2 unspecified atom stereocenters. The molecule has 0 amide bonds. The molecule has 1 rings (SSSR count). The van der Waals surface area contributed by atoms with Crippen molar-refractivity contribution < 1.29 is 9.47 Å². The number of ether oxygens (including phenoxy) is 2. The molecule has 66 valence electrons. The average Bonchev–Trinajstić information content (AvgIpc) is 2.62.